The Balaban J connectivity index is 1.82. The summed E-state index contributed by atoms with van der Waals surface area (Å²) in [6, 6.07) is 6.56. The molecule has 1 aromatic carbocycles. The largest absolute Gasteiger partial charge is 0.309 e. The van der Waals surface area contributed by atoms with Crippen LogP contribution in [0.3, 0.4) is 0 Å². The van der Waals surface area contributed by atoms with Crippen molar-refractivity contribution in [3.63, 3.8) is 0 Å². The highest BCUT2D eigenvalue weighted by atomic mass is 32.2. The number of amides is 1. The number of hydrogen-bond donors (Lipinski definition) is 2. The summed E-state index contributed by atoms with van der Waals surface area (Å²) >= 11 is 0. The van der Waals surface area contributed by atoms with Gasteiger partial charge >= 0.3 is 0 Å². The van der Waals surface area contributed by atoms with Crippen LogP contribution in [0.5, 0.6) is 0 Å². The van der Waals surface area contributed by atoms with Crippen molar-refractivity contribution in [2.24, 2.45) is 0 Å². The van der Waals surface area contributed by atoms with E-state index in [1.165, 1.54) is 13.0 Å². The first-order valence-electron chi connectivity index (χ1n) is 8.20. The van der Waals surface area contributed by atoms with Gasteiger partial charge in [-0.1, -0.05) is 0 Å². The van der Waals surface area contributed by atoms with Crippen molar-refractivity contribution in [2.45, 2.75) is 45.1 Å². The lowest BCUT2D eigenvalue weighted by Gasteiger charge is -2.20. The molecule has 0 aliphatic carbocycles. The van der Waals surface area contributed by atoms with Crippen LogP contribution in [0.4, 0.5) is 11.6 Å². The summed E-state index contributed by atoms with van der Waals surface area (Å²) in [6.07, 6.45) is 0.617. The quantitative estimate of drug-likeness (QED) is 0.788. The fourth-order valence-electron chi connectivity index (χ4n) is 3.21. The second-order valence-corrected chi connectivity index (χ2v) is 8.12. The maximum Gasteiger partial charge on any atom is 0.257 e. The van der Waals surface area contributed by atoms with Crippen LogP contribution < -0.4 is 15.2 Å². The summed E-state index contributed by atoms with van der Waals surface area (Å²) in [5.41, 5.74) is 5.60. The summed E-state index contributed by atoms with van der Waals surface area (Å²) in [5.74, 6) is 0.127. The molecule has 138 valence electrons. The highest BCUT2D eigenvalue weighted by Crippen LogP contribution is 2.33. The van der Waals surface area contributed by atoms with Crippen LogP contribution in [0.15, 0.2) is 29.2 Å². The van der Waals surface area contributed by atoms with Crippen molar-refractivity contribution in [2.75, 3.05) is 10.3 Å². The molecule has 0 spiro atoms. The first-order valence-corrected chi connectivity index (χ1v) is 9.68. The Hall–Kier alpha value is -2.52. The van der Waals surface area contributed by atoms with Crippen LogP contribution in [0.2, 0.25) is 0 Å². The van der Waals surface area contributed by atoms with E-state index in [2.05, 4.69) is 20.2 Å². The molecule has 0 unspecified atom stereocenters. The van der Waals surface area contributed by atoms with Crippen LogP contribution in [0.25, 0.3) is 0 Å². The second kappa shape index (κ2) is 6.65. The Bertz CT molecular complexity index is 954. The Labute approximate surface area is 152 Å². The van der Waals surface area contributed by atoms with Gasteiger partial charge in [0.25, 0.3) is 10.0 Å². The molecular formula is C17H21N5O3S. The number of rotatable bonds is 4. The zero-order valence-electron chi connectivity index (χ0n) is 15.1. The van der Waals surface area contributed by atoms with Gasteiger partial charge < -0.3 is 4.90 Å². The van der Waals surface area contributed by atoms with E-state index in [4.69, 9.17) is 0 Å². The SMILES string of the molecule is CC(=O)N1c2ccc(S(=O)(=O)NNc3nc(C)cc(C)n3)cc2C[C@H]1C. The van der Waals surface area contributed by atoms with E-state index < -0.39 is 10.0 Å². The highest BCUT2D eigenvalue weighted by Gasteiger charge is 2.30. The van der Waals surface area contributed by atoms with Crippen LogP contribution in [0.1, 0.15) is 30.8 Å². The number of aryl methyl sites for hydroxylation is 2. The number of anilines is 2. The Kier molecular flexibility index (Phi) is 4.68. The number of fused-ring (bicyclic) bond motifs is 1. The predicted molar refractivity (Wildman–Crippen MR) is 98.2 cm³/mol. The molecule has 0 saturated carbocycles. The number of hydrogen-bond acceptors (Lipinski definition) is 6. The van der Waals surface area contributed by atoms with Gasteiger partial charge in [0, 0.05) is 30.0 Å². The Morgan fingerprint density at radius 3 is 2.46 bits per heavy atom. The lowest BCUT2D eigenvalue weighted by atomic mass is 10.1. The van der Waals surface area contributed by atoms with Crippen molar-refractivity contribution >= 4 is 27.6 Å². The van der Waals surface area contributed by atoms with Gasteiger partial charge in [-0.25, -0.2) is 18.4 Å². The fourth-order valence-corrected chi connectivity index (χ4v) is 4.10. The van der Waals surface area contributed by atoms with Gasteiger partial charge in [-0.15, -0.1) is 4.83 Å². The minimum atomic E-state index is -3.81. The maximum atomic E-state index is 12.6. The van der Waals surface area contributed by atoms with E-state index >= 15 is 0 Å². The molecule has 0 bridgehead atoms. The van der Waals surface area contributed by atoms with Crippen molar-refractivity contribution in [1.29, 1.82) is 0 Å². The normalized spacial score (nSPS) is 16.5. The number of hydrazine groups is 1. The van der Waals surface area contributed by atoms with Gasteiger partial charge in [0.15, 0.2) is 0 Å². The molecular weight excluding hydrogens is 354 g/mol. The van der Waals surface area contributed by atoms with Gasteiger partial charge in [-0.3, -0.25) is 10.2 Å². The molecule has 1 atom stereocenters. The first kappa shape index (κ1) is 18.3. The molecule has 1 amide bonds. The highest BCUT2D eigenvalue weighted by molar-refractivity contribution is 7.89. The zero-order valence-corrected chi connectivity index (χ0v) is 15.9. The zero-order chi connectivity index (χ0) is 19.1. The number of aromatic nitrogens is 2. The van der Waals surface area contributed by atoms with Crippen molar-refractivity contribution < 1.29 is 13.2 Å². The number of nitrogens with one attached hydrogen (secondary N) is 2. The molecule has 2 aromatic rings. The van der Waals surface area contributed by atoms with E-state index in [1.807, 2.05) is 6.92 Å². The van der Waals surface area contributed by atoms with Gasteiger partial charge in [-0.05, 0) is 57.0 Å². The van der Waals surface area contributed by atoms with E-state index in [0.29, 0.717) is 6.42 Å². The van der Waals surface area contributed by atoms with E-state index in [1.54, 1.807) is 36.9 Å². The minimum Gasteiger partial charge on any atom is -0.309 e. The van der Waals surface area contributed by atoms with E-state index in [-0.39, 0.29) is 22.8 Å². The summed E-state index contributed by atoms with van der Waals surface area (Å²) in [7, 11) is -3.81. The van der Waals surface area contributed by atoms with Gasteiger partial charge in [0.2, 0.25) is 11.9 Å². The number of carbonyl (C=O) groups is 1. The van der Waals surface area contributed by atoms with Crippen LogP contribution >= 0.6 is 0 Å². The monoisotopic (exact) mass is 375 g/mol. The number of benzene rings is 1. The molecule has 0 radical (unpaired) electrons. The van der Waals surface area contributed by atoms with Crippen LogP contribution in [-0.4, -0.2) is 30.3 Å². The average molecular weight is 375 g/mol. The topological polar surface area (TPSA) is 104 Å². The van der Waals surface area contributed by atoms with Crippen molar-refractivity contribution in [3.8, 4) is 0 Å². The second-order valence-electron chi connectivity index (χ2n) is 6.44. The number of nitrogens with zero attached hydrogens (tertiary/aromatic N) is 3. The Morgan fingerprint density at radius 2 is 1.85 bits per heavy atom. The third kappa shape index (κ3) is 3.54. The van der Waals surface area contributed by atoms with Crippen molar-refractivity contribution in [3.05, 3.63) is 41.2 Å². The van der Waals surface area contributed by atoms with Gasteiger partial charge in [0.05, 0.1) is 4.90 Å². The third-order valence-electron chi connectivity index (χ3n) is 4.20. The first-order chi connectivity index (χ1) is 12.2. The third-order valence-corrected chi connectivity index (χ3v) is 5.44. The van der Waals surface area contributed by atoms with E-state index in [9.17, 15) is 13.2 Å². The smallest absolute Gasteiger partial charge is 0.257 e. The lowest BCUT2D eigenvalue weighted by Crippen LogP contribution is -2.33. The molecule has 8 nitrogen and oxygen atoms in total. The maximum absolute atomic E-state index is 12.6. The molecule has 26 heavy (non-hydrogen) atoms. The fraction of sp³-hybridized carbons (Fsp3) is 0.353. The molecule has 3 rings (SSSR count). The number of carbonyl (C=O) groups excluding carboxylic acids is 1. The molecule has 0 fully saturated rings. The van der Waals surface area contributed by atoms with E-state index in [0.717, 1.165) is 22.6 Å². The lowest BCUT2D eigenvalue weighted by molar-refractivity contribution is -0.116. The minimum absolute atomic E-state index is 0.00945. The molecule has 1 aliphatic heterocycles. The summed E-state index contributed by atoms with van der Waals surface area (Å²) in [4.78, 5) is 24.2. The molecule has 1 aromatic heterocycles. The predicted octanol–water partition coefficient (Wildman–Crippen LogP) is 1.70. The molecule has 1 aliphatic rings. The standard InChI is InChI=1S/C17H21N5O3S/c1-10-7-11(2)19-17(18-10)20-21-26(24,25)15-5-6-16-14(9-15)8-12(3)22(16)13(4)23/h5-7,9,12,21H,8H2,1-4H3,(H,18,19,20)/t12-/m1/s1. The van der Waals surface area contributed by atoms with Crippen molar-refractivity contribution in [1.82, 2.24) is 14.8 Å². The summed E-state index contributed by atoms with van der Waals surface area (Å²) < 4.78 is 25.1. The number of sulfonamides is 1. The van der Waals surface area contributed by atoms with Gasteiger partial charge in [-0.2, -0.15) is 0 Å². The summed E-state index contributed by atoms with van der Waals surface area (Å²) in [5, 5.41) is 0. The molecule has 2 heterocycles. The molecule has 9 heteroatoms. The van der Waals surface area contributed by atoms with Crippen LogP contribution in [-0.2, 0) is 21.2 Å². The summed E-state index contributed by atoms with van der Waals surface area (Å²) in [6.45, 7) is 7.05. The molecule has 2 N–H and O–H groups in total. The van der Waals surface area contributed by atoms with Gasteiger partial charge in [0.1, 0.15) is 0 Å². The molecule has 0 saturated heterocycles. The average Bonchev–Trinajstić information content (AvgIpc) is 2.87. The van der Waals surface area contributed by atoms with Crippen LogP contribution in [0, 0.1) is 13.8 Å². The Morgan fingerprint density at radius 1 is 1.19 bits per heavy atom.